The number of unbranched alkanes of at least 4 members (excludes halogenated alkanes) is 1. The second-order valence-electron chi connectivity index (χ2n) is 5.41. The third kappa shape index (κ3) is 4.33. The van der Waals surface area contributed by atoms with Gasteiger partial charge in [0.05, 0.1) is 19.3 Å². The van der Waals surface area contributed by atoms with Crippen LogP contribution >= 0.6 is 0 Å². The molecule has 0 bridgehead atoms. The zero-order valence-corrected chi connectivity index (χ0v) is 13.3. The summed E-state index contributed by atoms with van der Waals surface area (Å²) in [5.74, 6) is 0.797. The van der Waals surface area contributed by atoms with Crippen molar-refractivity contribution in [3.63, 3.8) is 0 Å². The Labute approximate surface area is 133 Å². The minimum absolute atomic E-state index is 0.110. The van der Waals surface area contributed by atoms with Gasteiger partial charge in [-0.3, -0.25) is 0 Å². The van der Waals surface area contributed by atoms with Gasteiger partial charge in [-0.15, -0.1) is 0 Å². The van der Waals surface area contributed by atoms with Crippen LogP contribution in [0.4, 0.5) is 0 Å². The van der Waals surface area contributed by atoms with Crippen molar-refractivity contribution in [2.24, 2.45) is 0 Å². The summed E-state index contributed by atoms with van der Waals surface area (Å²) in [7, 11) is 1.64. The van der Waals surface area contributed by atoms with E-state index in [1.54, 1.807) is 7.11 Å². The van der Waals surface area contributed by atoms with Crippen molar-refractivity contribution in [1.82, 2.24) is 5.32 Å². The van der Waals surface area contributed by atoms with E-state index in [0.717, 1.165) is 36.3 Å². The van der Waals surface area contributed by atoms with Gasteiger partial charge >= 0.3 is 0 Å². The maximum Gasteiger partial charge on any atom is 0.118 e. The molecule has 3 heteroatoms. The van der Waals surface area contributed by atoms with Crippen molar-refractivity contribution in [3.8, 4) is 5.75 Å². The SMILES string of the molecule is CCCCN[C@H](c1ccccc1)[C@@H](O)c1ccc(OC)cc1. The Balaban J connectivity index is 2.18. The molecule has 3 nitrogen and oxygen atoms in total. The van der Waals surface area contributed by atoms with Crippen LogP contribution in [0.2, 0.25) is 0 Å². The maximum absolute atomic E-state index is 10.8. The third-order valence-corrected chi connectivity index (χ3v) is 3.83. The van der Waals surface area contributed by atoms with Gasteiger partial charge in [-0.1, -0.05) is 55.8 Å². The number of ether oxygens (including phenoxy) is 1. The van der Waals surface area contributed by atoms with Crippen LogP contribution in [0.5, 0.6) is 5.75 Å². The minimum Gasteiger partial charge on any atom is -0.497 e. The molecule has 0 spiro atoms. The summed E-state index contributed by atoms with van der Waals surface area (Å²) in [5.41, 5.74) is 1.99. The molecule has 0 saturated heterocycles. The highest BCUT2D eigenvalue weighted by atomic mass is 16.5. The number of hydrogen-bond donors (Lipinski definition) is 2. The fraction of sp³-hybridized carbons (Fsp3) is 0.368. The number of benzene rings is 2. The molecule has 2 N–H and O–H groups in total. The quantitative estimate of drug-likeness (QED) is 0.727. The highest BCUT2D eigenvalue weighted by molar-refractivity contribution is 5.31. The lowest BCUT2D eigenvalue weighted by Gasteiger charge is -2.25. The number of aliphatic hydroxyl groups excluding tert-OH is 1. The number of hydrogen-bond acceptors (Lipinski definition) is 3. The van der Waals surface area contributed by atoms with E-state index in [4.69, 9.17) is 4.74 Å². The van der Waals surface area contributed by atoms with E-state index in [0.29, 0.717) is 0 Å². The number of aliphatic hydroxyl groups is 1. The van der Waals surface area contributed by atoms with Crippen molar-refractivity contribution >= 4 is 0 Å². The Bertz CT molecular complexity index is 539. The molecule has 2 aromatic rings. The van der Waals surface area contributed by atoms with E-state index < -0.39 is 6.10 Å². The molecule has 0 unspecified atom stereocenters. The summed E-state index contributed by atoms with van der Waals surface area (Å²) in [6, 6.07) is 17.6. The molecular weight excluding hydrogens is 274 g/mol. The van der Waals surface area contributed by atoms with Gasteiger partial charge in [0, 0.05) is 0 Å². The number of methoxy groups -OCH3 is 1. The molecule has 0 saturated carbocycles. The molecule has 0 aliphatic rings. The second kappa shape index (κ2) is 8.57. The molecule has 0 aromatic heterocycles. The Morgan fingerprint density at radius 1 is 1.00 bits per heavy atom. The molecule has 0 radical (unpaired) electrons. The molecule has 2 rings (SSSR count). The zero-order valence-electron chi connectivity index (χ0n) is 13.3. The largest absolute Gasteiger partial charge is 0.497 e. The monoisotopic (exact) mass is 299 g/mol. The molecule has 118 valence electrons. The first-order valence-corrected chi connectivity index (χ1v) is 7.86. The summed E-state index contributed by atoms with van der Waals surface area (Å²) in [5, 5.41) is 14.3. The predicted octanol–water partition coefficient (Wildman–Crippen LogP) is 3.86. The smallest absolute Gasteiger partial charge is 0.118 e. The molecule has 0 aliphatic carbocycles. The first-order chi connectivity index (χ1) is 10.8. The Morgan fingerprint density at radius 2 is 1.68 bits per heavy atom. The van der Waals surface area contributed by atoms with Crippen LogP contribution < -0.4 is 10.1 Å². The summed E-state index contributed by atoms with van der Waals surface area (Å²) in [4.78, 5) is 0. The molecular formula is C19H25NO2. The Kier molecular flexibility index (Phi) is 6.44. The number of rotatable bonds is 8. The lowest BCUT2D eigenvalue weighted by molar-refractivity contribution is 0.128. The highest BCUT2D eigenvalue weighted by Gasteiger charge is 2.22. The highest BCUT2D eigenvalue weighted by Crippen LogP contribution is 2.29. The van der Waals surface area contributed by atoms with Crippen LogP contribution in [-0.4, -0.2) is 18.8 Å². The third-order valence-electron chi connectivity index (χ3n) is 3.83. The molecule has 0 amide bonds. The molecule has 22 heavy (non-hydrogen) atoms. The van der Waals surface area contributed by atoms with E-state index in [-0.39, 0.29) is 6.04 Å². The van der Waals surface area contributed by atoms with Gasteiger partial charge in [-0.05, 0) is 36.2 Å². The lowest BCUT2D eigenvalue weighted by atomic mass is 9.95. The first-order valence-electron chi connectivity index (χ1n) is 7.86. The van der Waals surface area contributed by atoms with Crippen LogP contribution in [0.15, 0.2) is 54.6 Å². The standard InChI is InChI=1S/C19H25NO2/c1-3-4-14-20-18(15-8-6-5-7-9-15)19(21)16-10-12-17(22-2)13-11-16/h5-13,18-21H,3-4,14H2,1-2H3/t18-,19+/m1/s1. The fourth-order valence-corrected chi connectivity index (χ4v) is 2.50. The second-order valence-corrected chi connectivity index (χ2v) is 5.41. The van der Waals surface area contributed by atoms with Crippen molar-refractivity contribution in [2.45, 2.75) is 31.9 Å². The summed E-state index contributed by atoms with van der Waals surface area (Å²) >= 11 is 0. The molecule has 2 aromatic carbocycles. The van der Waals surface area contributed by atoms with Crippen LogP contribution in [0.25, 0.3) is 0 Å². The zero-order chi connectivity index (χ0) is 15.8. The molecule has 0 aliphatic heterocycles. The average molecular weight is 299 g/mol. The molecule has 0 fully saturated rings. The van der Waals surface area contributed by atoms with E-state index in [1.807, 2.05) is 42.5 Å². The van der Waals surface area contributed by atoms with Gasteiger partial charge in [0.25, 0.3) is 0 Å². The first kappa shape index (κ1) is 16.5. The number of nitrogens with one attached hydrogen (secondary N) is 1. The molecule has 2 atom stereocenters. The van der Waals surface area contributed by atoms with Gasteiger partial charge in [-0.2, -0.15) is 0 Å². The van der Waals surface area contributed by atoms with E-state index >= 15 is 0 Å². The van der Waals surface area contributed by atoms with E-state index in [1.165, 1.54) is 0 Å². The average Bonchev–Trinajstić information content (AvgIpc) is 2.59. The molecule has 0 heterocycles. The van der Waals surface area contributed by atoms with E-state index in [9.17, 15) is 5.11 Å². The van der Waals surface area contributed by atoms with Gasteiger partial charge in [0.2, 0.25) is 0 Å². The summed E-state index contributed by atoms with van der Waals surface area (Å²) in [6.45, 7) is 3.06. The fourth-order valence-electron chi connectivity index (χ4n) is 2.50. The van der Waals surface area contributed by atoms with Crippen molar-refractivity contribution < 1.29 is 9.84 Å². The normalized spacial score (nSPS) is 13.6. The van der Waals surface area contributed by atoms with Crippen molar-refractivity contribution in [1.29, 1.82) is 0 Å². The topological polar surface area (TPSA) is 41.5 Å². The van der Waals surface area contributed by atoms with E-state index in [2.05, 4.69) is 24.4 Å². The van der Waals surface area contributed by atoms with Crippen LogP contribution in [0, 0.1) is 0 Å². The van der Waals surface area contributed by atoms with Gasteiger partial charge < -0.3 is 15.2 Å². The van der Waals surface area contributed by atoms with Crippen LogP contribution in [0.1, 0.15) is 43.0 Å². The lowest BCUT2D eigenvalue weighted by Crippen LogP contribution is -2.28. The predicted molar refractivity (Wildman–Crippen MR) is 90.0 cm³/mol. The Morgan fingerprint density at radius 3 is 2.27 bits per heavy atom. The summed E-state index contributed by atoms with van der Waals surface area (Å²) in [6.07, 6.45) is 1.64. The van der Waals surface area contributed by atoms with Gasteiger partial charge in [0.15, 0.2) is 0 Å². The van der Waals surface area contributed by atoms with Crippen LogP contribution in [-0.2, 0) is 0 Å². The van der Waals surface area contributed by atoms with Gasteiger partial charge in [-0.25, -0.2) is 0 Å². The van der Waals surface area contributed by atoms with Gasteiger partial charge in [0.1, 0.15) is 5.75 Å². The minimum atomic E-state index is -0.592. The van der Waals surface area contributed by atoms with Crippen LogP contribution in [0.3, 0.4) is 0 Å². The van der Waals surface area contributed by atoms with Crippen molar-refractivity contribution in [3.05, 3.63) is 65.7 Å². The summed E-state index contributed by atoms with van der Waals surface area (Å²) < 4.78 is 5.18. The maximum atomic E-state index is 10.8. The Hall–Kier alpha value is -1.84. The van der Waals surface area contributed by atoms with Crippen molar-refractivity contribution in [2.75, 3.05) is 13.7 Å².